The van der Waals surface area contributed by atoms with Crippen molar-refractivity contribution >= 4 is 17.6 Å². The molecule has 0 aliphatic heterocycles. The van der Waals surface area contributed by atoms with Crippen LogP contribution in [0.5, 0.6) is 0 Å². The molecule has 0 bridgehead atoms. The summed E-state index contributed by atoms with van der Waals surface area (Å²) in [7, 11) is 0. The molecule has 0 fully saturated rings. The van der Waals surface area contributed by atoms with Crippen LogP contribution in [0.4, 0.5) is 8.78 Å². The summed E-state index contributed by atoms with van der Waals surface area (Å²) in [5.41, 5.74) is 4.77. The van der Waals surface area contributed by atoms with E-state index in [1.54, 1.807) is 0 Å². The predicted molar refractivity (Wildman–Crippen MR) is 55.6 cm³/mol. The van der Waals surface area contributed by atoms with E-state index in [-0.39, 0.29) is 5.56 Å². The van der Waals surface area contributed by atoms with Crippen LogP contribution in [0.3, 0.4) is 0 Å². The Morgan fingerprint density at radius 1 is 1.44 bits per heavy atom. The highest BCUT2D eigenvalue weighted by atomic mass is 35.5. The second-order valence-corrected chi connectivity index (χ2v) is 3.80. The zero-order valence-corrected chi connectivity index (χ0v) is 8.92. The number of hydrogen-bond donors (Lipinski definition) is 2. The van der Waals surface area contributed by atoms with Crippen molar-refractivity contribution in [3.63, 3.8) is 0 Å². The molecule has 0 heterocycles. The third-order valence-electron chi connectivity index (χ3n) is 2.06. The van der Waals surface area contributed by atoms with Crippen LogP contribution in [0.25, 0.3) is 0 Å². The number of benzene rings is 1. The van der Waals surface area contributed by atoms with Gasteiger partial charge in [-0.2, -0.15) is 0 Å². The molecule has 1 aromatic rings. The lowest BCUT2D eigenvalue weighted by Crippen LogP contribution is -2.35. The summed E-state index contributed by atoms with van der Waals surface area (Å²) in [5, 5.41) is 8.79. The minimum absolute atomic E-state index is 0.298. The smallest absolute Gasteiger partial charge is 0.320 e. The van der Waals surface area contributed by atoms with Crippen molar-refractivity contribution in [2.45, 2.75) is 18.4 Å². The zero-order valence-electron chi connectivity index (χ0n) is 8.16. The maximum atomic E-state index is 13.5. The van der Waals surface area contributed by atoms with Crippen LogP contribution < -0.4 is 5.73 Å². The van der Waals surface area contributed by atoms with Crippen molar-refractivity contribution < 1.29 is 18.7 Å². The van der Waals surface area contributed by atoms with Gasteiger partial charge in [0.05, 0.1) is 0 Å². The fourth-order valence-corrected chi connectivity index (χ4v) is 1.30. The van der Waals surface area contributed by atoms with Gasteiger partial charge in [0, 0.05) is 17.0 Å². The Morgan fingerprint density at radius 2 is 1.94 bits per heavy atom. The van der Waals surface area contributed by atoms with Gasteiger partial charge in [-0.25, -0.2) is 8.78 Å². The van der Waals surface area contributed by atoms with Crippen molar-refractivity contribution in [1.29, 1.82) is 0 Å². The van der Waals surface area contributed by atoms with Gasteiger partial charge >= 0.3 is 5.97 Å². The van der Waals surface area contributed by atoms with E-state index in [0.717, 1.165) is 12.1 Å². The molecule has 1 aromatic carbocycles. The van der Waals surface area contributed by atoms with Gasteiger partial charge in [0.15, 0.2) is 0 Å². The molecule has 0 aliphatic rings. The molecule has 0 saturated heterocycles. The molecule has 0 radical (unpaired) electrons. The van der Waals surface area contributed by atoms with Crippen LogP contribution in [0.15, 0.2) is 24.3 Å². The summed E-state index contributed by atoms with van der Waals surface area (Å²) in [6, 6.07) is 3.34. The van der Waals surface area contributed by atoms with Crippen LogP contribution in [-0.2, 0) is 10.7 Å². The summed E-state index contributed by atoms with van der Waals surface area (Å²) in [6.07, 6.45) is -0.941. The number of carboxylic acids is 1. The Balaban J connectivity index is 2.84. The minimum Gasteiger partial charge on any atom is -0.480 e. The number of hydrogen-bond acceptors (Lipinski definition) is 2. The highest BCUT2D eigenvalue weighted by molar-refractivity contribution is 6.30. The number of nitrogens with two attached hydrogens (primary N) is 1. The van der Waals surface area contributed by atoms with Crippen molar-refractivity contribution in [2.24, 2.45) is 5.73 Å². The topological polar surface area (TPSA) is 63.3 Å². The lowest BCUT2D eigenvalue weighted by molar-refractivity contribution is -0.141. The number of carbonyl (C=O) groups is 1. The van der Waals surface area contributed by atoms with E-state index in [2.05, 4.69) is 0 Å². The first-order valence-electron chi connectivity index (χ1n) is 4.45. The van der Waals surface area contributed by atoms with Crippen molar-refractivity contribution in [2.75, 3.05) is 0 Å². The Kier molecular flexibility index (Phi) is 3.83. The third-order valence-corrected chi connectivity index (χ3v) is 2.31. The van der Waals surface area contributed by atoms with Crippen LogP contribution in [0, 0.1) is 0 Å². The van der Waals surface area contributed by atoms with Crippen LogP contribution >= 0.6 is 11.6 Å². The number of alkyl halides is 2. The molecule has 0 saturated carbocycles. The number of aliphatic carboxylic acids is 1. The maximum absolute atomic E-state index is 13.5. The molecule has 1 unspecified atom stereocenters. The number of carboxylic acid groups (broad SMARTS) is 1. The van der Waals surface area contributed by atoms with Gasteiger partial charge in [-0.15, -0.1) is 0 Å². The molecule has 0 aromatic heterocycles. The third kappa shape index (κ3) is 3.15. The first-order valence-corrected chi connectivity index (χ1v) is 4.83. The van der Waals surface area contributed by atoms with Crippen LogP contribution in [0.2, 0.25) is 5.02 Å². The number of halogens is 3. The predicted octanol–water partition coefficient (Wildman–Crippen LogP) is 2.23. The van der Waals surface area contributed by atoms with Crippen molar-refractivity contribution in [3.05, 3.63) is 34.9 Å². The molecule has 1 rings (SSSR count). The molecule has 0 aliphatic carbocycles. The van der Waals surface area contributed by atoms with E-state index in [1.165, 1.54) is 12.1 Å². The monoisotopic (exact) mass is 249 g/mol. The Morgan fingerprint density at radius 3 is 2.38 bits per heavy atom. The Bertz CT molecular complexity index is 381. The van der Waals surface area contributed by atoms with Crippen LogP contribution in [0.1, 0.15) is 12.0 Å². The highest BCUT2D eigenvalue weighted by Crippen LogP contribution is 2.33. The molecule has 6 heteroatoms. The Hall–Kier alpha value is -1.20. The fraction of sp³-hybridized carbons (Fsp3) is 0.300. The fourth-order valence-electron chi connectivity index (χ4n) is 1.18. The first kappa shape index (κ1) is 12.9. The standard InChI is InChI=1S/C10H10ClF2NO2/c11-7-3-1-6(2-4-7)10(12,13)5-8(14)9(15)16/h1-4,8H,5,14H2,(H,15,16). The average molecular weight is 250 g/mol. The molecule has 0 amide bonds. The molecule has 16 heavy (non-hydrogen) atoms. The van der Waals surface area contributed by atoms with E-state index >= 15 is 0 Å². The molecule has 3 N–H and O–H groups in total. The van der Waals surface area contributed by atoms with Gasteiger partial charge in [0.25, 0.3) is 5.92 Å². The molecule has 0 spiro atoms. The van der Waals surface area contributed by atoms with Gasteiger partial charge in [-0.3, -0.25) is 4.79 Å². The summed E-state index contributed by atoms with van der Waals surface area (Å²) >= 11 is 5.55. The van der Waals surface area contributed by atoms with Crippen molar-refractivity contribution in [1.82, 2.24) is 0 Å². The zero-order chi connectivity index (χ0) is 12.3. The molecule has 1 atom stereocenters. The minimum atomic E-state index is -3.28. The lowest BCUT2D eigenvalue weighted by atomic mass is 10.0. The summed E-state index contributed by atoms with van der Waals surface area (Å²) < 4.78 is 27.0. The SMILES string of the molecule is NC(CC(F)(F)c1ccc(Cl)cc1)C(=O)O. The molecular formula is C10H10ClF2NO2. The summed E-state index contributed by atoms with van der Waals surface area (Å²) in [6.45, 7) is 0. The second kappa shape index (κ2) is 4.76. The average Bonchev–Trinajstić information content (AvgIpc) is 2.17. The van der Waals surface area contributed by atoms with Crippen molar-refractivity contribution in [3.8, 4) is 0 Å². The van der Waals surface area contributed by atoms with Gasteiger partial charge in [-0.1, -0.05) is 23.7 Å². The second-order valence-electron chi connectivity index (χ2n) is 3.36. The van der Waals surface area contributed by atoms with Gasteiger partial charge in [-0.05, 0) is 12.1 Å². The molecular weight excluding hydrogens is 240 g/mol. The van der Waals surface area contributed by atoms with Crippen LogP contribution in [-0.4, -0.2) is 17.1 Å². The Labute approximate surface area is 95.8 Å². The lowest BCUT2D eigenvalue weighted by Gasteiger charge is -2.18. The van der Waals surface area contributed by atoms with E-state index in [0.29, 0.717) is 5.02 Å². The number of rotatable bonds is 4. The normalized spacial score (nSPS) is 13.5. The maximum Gasteiger partial charge on any atom is 0.320 e. The largest absolute Gasteiger partial charge is 0.480 e. The molecule has 88 valence electrons. The van der Waals surface area contributed by atoms with Gasteiger partial charge < -0.3 is 10.8 Å². The van der Waals surface area contributed by atoms with Gasteiger partial charge in [0.2, 0.25) is 0 Å². The highest BCUT2D eigenvalue weighted by Gasteiger charge is 2.35. The quantitative estimate of drug-likeness (QED) is 0.860. The van der Waals surface area contributed by atoms with E-state index < -0.39 is 24.4 Å². The first-order chi connectivity index (χ1) is 7.33. The van der Waals surface area contributed by atoms with Gasteiger partial charge in [0.1, 0.15) is 6.04 Å². The summed E-state index contributed by atoms with van der Waals surface area (Å²) in [5.74, 6) is -4.73. The summed E-state index contributed by atoms with van der Waals surface area (Å²) in [4.78, 5) is 10.4. The van der Waals surface area contributed by atoms with E-state index in [9.17, 15) is 13.6 Å². The van der Waals surface area contributed by atoms with E-state index in [1.807, 2.05) is 0 Å². The van der Waals surface area contributed by atoms with E-state index in [4.69, 9.17) is 22.4 Å². The molecule has 3 nitrogen and oxygen atoms in total.